The molecule has 0 saturated carbocycles. The molecule has 1 atom stereocenters. The molecule has 0 radical (unpaired) electrons. The summed E-state index contributed by atoms with van der Waals surface area (Å²) in [6.45, 7) is 0. The van der Waals surface area contributed by atoms with Gasteiger partial charge in [0.1, 0.15) is 11.5 Å². The van der Waals surface area contributed by atoms with Crippen LogP contribution in [0.5, 0.6) is 5.75 Å². The predicted octanol–water partition coefficient (Wildman–Crippen LogP) is 3.04. The maximum Gasteiger partial charge on any atom is 0.138 e. The molecule has 0 aromatic heterocycles. The first-order valence-corrected chi connectivity index (χ1v) is 6.12. The van der Waals surface area contributed by atoms with Gasteiger partial charge in [-0.1, -0.05) is 36.4 Å². The minimum absolute atomic E-state index is 0.0783. The molecule has 0 amide bonds. The van der Waals surface area contributed by atoms with Crippen LogP contribution in [0.3, 0.4) is 0 Å². The molecule has 2 nitrogen and oxygen atoms in total. The van der Waals surface area contributed by atoms with E-state index in [1.54, 1.807) is 12.1 Å². The number of hydrogen-bond donors (Lipinski definition) is 1. The molecule has 90 valence electrons. The highest BCUT2D eigenvalue weighted by Crippen LogP contribution is 2.36. The summed E-state index contributed by atoms with van der Waals surface area (Å²) in [6, 6.07) is 15.3. The second-order valence-corrected chi connectivity index (χ2v) is 4.77. The molecule has 0 heterocycles. The van der Waals surface area contributed by atoms with Crippen molar-refractivity contribution in [3.8, 4) is 5.75 Å². The van der Waals surface area contributed by atoms with Gasteiger partial charge in [-0.05, 0) is 28.8 Å². The Balaban J connectivity index is 2.12. The third-order valence-electron chi connectivity index (χ3n) is 3.53. The zero-order chi connectivity index (χ0) is 12.5. The van der Waals surface area contributed by atoms with Gasteiger partial charge in [-0.15, -0.1) is 0 Å². The number of aromatic hydroxyl groups is 1. The lowest BCUT2D eigenvalue weighted by atomic mass is 9.78. The van der Waals surface area contributed by atoms with E-state index in [9.17, 15) is 9.90 Å². The van der Waals surface area contributed by atoms with Crippen LogP contribution in [0.1, 0.15) is 29.0 Å². The standard InChI is InChI=1S/C16H14O2/c17-13-7-6-12-8-14(18)10-15(16(12)9-13)11-4-2-1-3-5-11/h1-7,9,15,17H,8,10H2. The van der Waals surface area contributed by atoms with Crippen molar-refractivity contribution in [2.75, 3.05) is 0 Å². The molecule has 0 aliphatic heterocycles. The molecule has 2 aromatic rings. The number of Topliss-reactive ketones (excluding diaryl/α,β-unsaturated/α-hetero) is 1. The van der Waals surface area contributed by atoms with Crippen LogP contribution in [0.4, 0.5) is 0 Å². The fourth-order valence-corrected chi connectivity index (χ4v) is 2.67. The molecule has 1 aliphatic carbocycles. The molecule has 0 bridgehead atoms. The fourth-order valence-electron chi connectivity index (χ4n) is 2.67. The number of fused-ring (bicyclic) bond motifs is 1. The highest BCUT2D eigenvalue weighted by Gasteiger charge is 2.26. The summed E-state index contributed by atoms with van der Waals surface area (Å²) in [5, 5.41) is 9.63. The SMILES string of the molecule is O=C1Cc2ccc(O)cc2C(c2ccccc2)C1. The first-order valence-electron chi connectivity index (χ1n) is 6.12. The van der Waals surface area contributed by atoms with Gasteiger partial charge in [-0.2, -0.15) is 0 Å². The van der Waals surface area contributed by atoms with Crippen LogP contribution in [-0.2, 0) is 11.2 Å². The summed E-state index contributed by atoms with van der Waals surface area (Å²) in [7, 11) is 0. The Morgan fingerprint density at radius 2 is 1.83 bits per heavy atom. The van der Waals surface area contributed by atoms with Crippen LogP contribution >= 0.6 is 0 Å². The lowest BCUT2D eigenvalue weighted by molar-refractivity contribution is -0.119. The summed E-state index contributed by atoms with van der Waals surface area (Å²) in [5.74, 6) is 0.612. The van der Waals surface area contributed by atoms with Crippen LogP contribution in [0.15, 0.2) is 48.5 Å². The minimum Gasteiger partial charge on any atom is -0.508 e. The normalized spacial score (nSPS) is 18.4. The van der Waals surface area contributed by atoms with E-state index in [2.05, 4.69) is 0 Å². The Morgan fingerprint density at radius 3 is 2.61 bits per heavy atom. The molecule has 1 aliphatic rings. The van der Waals surface area contributed by atoms with E-state index in [1.807, 2.05) is 36.4 Å². The number of phenolic OH excluding ortho intramolecular Hbond substituents is 1. The Kier molecular flexibility index (Phi) is 2.63. The fraction of sp³-hybridized carbons (Fsp3) is 0.188. The number of ketones is 1. The number of rotatable bonds is 1. The topological polar surface area (TPSA) is 37.3 Å². The van der Waals surface area contributed by atoms with Gasteiger partial charge in [0.05, 0.1) is 0 Å². The molecule has 2 aromatic carbocycles. The molecular weight excluding hydrogens is 224 g/mol. The average Bonchev–Trinajstić information content (AvgIpc) is 2.39. The molecule has 1 N–H and O–H groups in total. The van der Waals surface area contributed by atoms with Gasteiger partial charge in [-0.3, -0.25) is 4.79 Å². The third kappa shape index (κ3) is 1.90. The molecule has 0 saturated heterocycles. The summed E-state index contributed by atoms with van der Waals surface area (Å²) >= 11 is 0. The molecule has 1 unspecified atom stereocenters. The van der Waals surface area contributed by atoms with E-state index in [0.717, 1.165) is 16.7 Å². The van der Waals surface area contributed by atoms with Crippen LogP contribution in [0.25, 0.3) is 0 Å². The van der Waals surface area contributed by atoms with Crippen molar-refractivity contribution in [1.82, 2.24) is 0 Å². The largest absolute Gasteiger partial charge is 0.508 e. The minimum atomic E-state index is 0.0783. The second kappa shape index (κ2) is 4.30. The van der Waals surface area contributed by atoms with Crippen molar-refractivity contribution in [3.63, 3.8) is 0 Å². The van der Waals surface area contributed by atoms with E-state index in [-0.39, 0.29) is 17.5 Å². The lowest BCUT2D eigenvalue weighted by Crippen LogP contribution is -2.19. The van der Waals surface area contributed by atoms with E-state index in [4.69, 9.17) is 0 Å². The van der Waals surface area contributed by atoms with Crippen LogP contribution < -0.4 is 0 Å². The predicted molar refractivity (Wildman–Crippen MR) is 69.7 cm³/mol. The smallest absolute Gasteiger partial charge is 0.138 e. The first kappa shape index (κ1) is 11.0. The van der Waals surface area contributed by atoms with Crippen LogP contribution in [0, 0.1) is 0 Å². The second-order valence-electron chi connectivity index (χ2n) is 4.77. The van der Waals surface area contributed by atoms with Crippen molar-refractivity contribution in [2.45, 2.75) is 18.8 Å². The molecule has 2 heteroatoms. The maximum absolute atomic E-state index is 11.8. The van der Waals surface area contributed by atoms with Crippen molar-refractivity contribution < 1.29 is 9.90 Å². The van der Waals surface area contributed by atoms with E-state index in [1.165, 1.54) is 0 Å². The monoisotopic (exact) mass is 238 g/mol. The van der Waals surface area contributed by atoms with Gasteiger partial charge in [0.15, 0.2) is 0 Å². The first-order chi connectivity index (χ1) is 8.74. The van der Waals surface area contributed by atoms with Gasteiger partial charge < -0.3 is 5.11 Å². The van der Waals surface area contributed by atoms with E-state index < -0.39 is 0 Å². The Bertz CT molecular complexity index is 587. The zero-order valence-electron chi connectivity index (χ0n) is 9.97. The highest BCUT2D eigenvalue weighted by molar-refractivity contribution is 5.85. The Morgan fingerprint density at radius 1 is 1.06 bits per heavy atom. The highest BCUT2D eigenvalue weighted by atomic mass is 16.3. The van der Waals surface area contributed by atoms with E-state index >= 15 is 0 Å². The van der Waals surface area contributed by atoms with Crippen molar-refractivity contribution >= 4 is 5.78 Å². The third-order valence-corrected chi connectivity index (χ3v) is 3.53. The number of phenols is 1. The number of carbonyl (C=O) groups is 1. The van der Waals surface area contributed by atoms with Crippen molar-refractivity contribution in [1.29, 1.82) is 0 Å². The average molecular weight is 238 g/mol. The Labute approximate surface area is 106 Å². The van der Waals surface area contributed by atoms with Crippen molar-refractivity contribution in [2.24, 2.45) is 0 Å². The van der Waals surface area contributed by atoms with Gasteiger partial charge >= 0.3 is 0 Å². The number of carbonyl (C=O) groups excluding carboxylic acids is 1. The lowest BCUT2D eigenvalue weighted by Gasteiger charge is -2.25. The molecule has 3 rings (SSSR count). The molecule has 0 fully saturated rings. The zero-order valence-corrected chi connectivity index (χ0v) is 9.97. The summed E-state index contributed by atoms with van der Waals surface area (Å²) in [4.78, 5) is 11.8. The molecule has 0 spiro atoms. The maximum atomic E-state index is 11.8. The quantitative estimate of drug-likeness (QED) is 0.829. The summed E-state index contributed by atoms with van der Waals surface area (Å²) in [5.41, 5.74) is 3.26. The number of hydrogen-bond acceptors (Lipinski definition) is 2. The summed E-state index contributed by atoms with van der Waals surface area (Å²) < 4.78 is 0. The van der Waals surface area contributed by atoms with Crippen molar-refractivity contribution in [3.05, 3.63) is 65.2 Å². The van der Waals surface area contributed by atoms with E-state index in [0.29, 0.717) is 12.8 Å². The van der Waals surface area contributed by atoms with Gasteiger partial charge in [0, 0.05) is 18.8 Å². The summed E-state index contributed by atoms with van der Waals surface area (Å²) in [6.07, 6.45) is 1.01. The van der Waals surface area contributed by atoms with Gasteiger partial charge in [-0.25, -0.2) is 0 Å². The van der Waals surface area contributed by atoms with Gasteiger partial charge in [0.2, 0.25) is 0 Å². The van der Waals surface area contributed by atoms with Crippen LogP contribution in [-0.4, -0.2) is 10.9 Å². The molecule has 18 heavy (non-hydrogen) atoms. The Hall–Kier alpha value is -2.09. The van der Waals surface area contributed by atoms with Gasteiger partial charge in [0.25, 0.3) is 0 Å². The molecular formula is C16H14O2. The van der Waals surface area contributed by atoms with Crippen LogP contribution in [0.2, 0.25) is 0 Å². The number of benzene rings is 2.